The van der Waals surface area contributed by atoms with Crippen LogP contribution in [0.2, 0.25) is 0 Å². The van der Waals surface area contributed by atoms with Crippen LogP contribution >= 0.6 is 0 Å². The third-order valence-electron chi connectivity index (χ3n) is 3.46. The number of pyridine rings is 1. The van der Waals surface area contributed by atoms with Gasteiger partial charge in [0.25, 0.3) is 0 Å². The highest BCUT2D eigenvalue weighted by Crippen LogP contribution is 2.26. The predicted molar refractivity (Wildman–Crippen MR) is 72.3 cm³/mol. The van der Waals surface area contributed by atoms with Crippen molar-refractivity contribution in [2.24, 2.45) is 0 Å². The van der Waals surface area contributed by atoms with E-state index in [1.807, 2.05) is 18.2 Å². The van der Waals surface area contributed by atoms with Crippen LogP contribution in [-0.4, -0.2) is 18.1 Å². The van der Waals surface area contributed by atoms with E-state index in [4.69, 9.17) is 10.7 Å². The van der Waals surface area contributed by atoms with Crippen LogP contribution in [0.1, 0.15) is 18.4 Å². The average Bonchev–Trinajstić information content (AvgIpc) is 2.83. The summed E-state index contributed by atoms with van der Waals surface area (Å²) in [5.41, 5.74) is 8.91. The molecule has 0 amide bonds. The summed E-state index contributed by atoms with van der Waals surface area (Å²) >= 11 is 0. The van der Waals surface area contributed by atoms with Gasteiger partial charge in [-0.15, -0.1) is 0 Å². The molecule has 0 unspecified atom stereocenters. The lowest BCUT2D eigenvalue weighted by Gasteiger charge is -2.17. The van der Waals surface area contributed by atoms with Gasteiger partial charge in [-0.05, 0) is 49.6 Å². The van der Waals surface area contributed by atoms with Gasteiger partial charge in [-0.2, -0.15) is 0 Å². The summed E-state index contributed by atoms with van der Waals surface area (Å²) in [6.07, 6.45) is 2.56. The fraction of sp³-hybridized carbons (Fsp3) is 0.357. The molecule has 2 N–H and O–H groups in total. The Balaban J connectivity index is 2.13. The van der Waals surface area contributed by atoms with Gasteiger partial charge in [0.2, 0.25) is 0 Å². The summed E-state index contributed by atoms with van der Waals surface area (Å²) < 4.78 is 0. The maximum Gasteiger partial charge on any atom is 0.129 e. The first-order valence-corrected chi connectivity index (χ1v) is 6.16. The Labute approximate surface area is 101 Å². The number of fused-ring (bicyclic) bond motifs is 1. The first kappa shape index (κ1) is 10.4. The molecule has 1 fully saturated rings. The van der Waals surface area contributed by atoms with Gasteiger partial charge in [-0.25, -0.2) is 4.98 Å². The lowest BCUT2D eigenvalue weighted by molar-refractivity contribution is 0.942. The van der Waals surface area contributed by atoms with E-state index in [9.17, 15) is 0 Å². The van der Waals surface area contributed by atoms with Gasteiger partial charge in [0.1, 0.15) is 5.82 Å². The Morgan fingerprint density at radius 2 is 1.94 bits per heavy atom. The summed E-state index contributed by atoms with van der Waals surface area (Å²) in [6.45, 7) is 4.39. The Morgan fingerprint density at radius 3 is 2.71 bits per heavy atom. The second-order valence-corrected chi connectivity index (χ2v) is 4.77. The second kappa shape index (κ2) is 3.91. The highest BCUT2D eigenvalue weighted by molar-refractivity contribution is 5.86. The van der Waals surface area contributed by atoms with Gasteiger partial charge in [0.15, 0.2) is 0 Å². The molecule has 2 heterocycles. The van der Waals surface area contributed by atoms with Crippen molar-refractivity contribution in [3.8, 4) is 0 Å². The van der Waals surface area contributed by atoms with Crippen molar-refractivity contribution < 1.29 is 0 Å². The molecule has 17 heavy (non-hydrogen) atoms. The van der Waals surface area contributed by atoms with Crippen molar-refractivity contribution in [3.05, 3.63) is 29.8 Å². The minimum atomic E-state index is 0.802. The van der Waals surface area contributed by atoms with Crippen molar-refractivity contribution >= 4 is 22.4 Å². The number of nitrogens with two attached hydrogens (primary N) is 1. The number of hydrogen-bond donors (Lipinski definition) is 1. The fourth-order valence-corrected chi connectivity index (χ4v) is 2.50. The van der Waals surface area contributed by atoms with Crippen molar-refractivity contribution in [3.63, 3.8) is 0 Å². The van der Waals surface area contributed by atoms with Crippen LogP contribution in [0.4, 0.5) is 11.5 Å². The summed E-state index contributed by atoms with van der Waals surface area (Å²) in [5, 5.41) is 1.16. The Bertz CT molecular complexity index is 557. The molecule has 1 aromatic heterocycles. The number of nitrogens with zero attached hydrogens (tertiary/aromatic N) is 2. The van der Waals surface area contributed by atoms with Crippen LogP contribution in [-0.2, 0) is 0 Å². The number of aromatic nitrogens is 1. The molecule has 88 valence electrons. The number of nitrogen functional groups attached to an aromatic ring is 1. The first-order valence-electron chi connectivity index (χ1n) is 6.16. The summed E-state index contributed by atoms with van der Waals surface area (Å²) in [5.74, 6) is 1.11. The van der Waals surface area contributed by atoms with Crippen LogP contribution in [0.3, 0.4) is 0 Å². The molecule has 1 aromatic carbocycles. The smallest absolute Gasteiger partial charge is 0.129 e. The minimum absolute atomic E-state index is 0.802. The zero-order valence-corrected chi connectivity index (χ0v) is 10.1. The van der Waals surface area contributed by atoms with Crippen molar-refractivity contribution in [2.75, 3.05) is 23.7 Å². The van der Waals surface area contributed by atoms with Gasteiger partial charge in [-0.1, -0.05) is 0 Å². The standard InChI is InChI=1S/C14H17N3/c1-10-8-14(17-6-2-3-7-17)16-13-5-4-11(15)9-12(10)13/h4-5,8-9H,2-3,6-7,15H2,1H3. The Morgan fingerprint density at radius 1 is 1.18 bits per heavy atom. The molecule has 0 aliphatic carbocycles. The van der Waals surface area contributed by atoms with E-state index >= 15 is 0 Å². The van der Waals surface area contributed by atoms with E-state index in [1.165, 1.54) is 18.4 Å². The summed E-state index contributed by atoms with van der Waals surface area (Å²) in [7, 11) is 0. The molecule has 2 aromatic rings. The van der Waals surface area contributed by atoms with Crippen LogP contribution in [0.15, 0.2) is 24.3 Å². The quantitative estimate of drug-likeness (QED) is 0.762. The van der Waals surface area contributed by atoms with Crippen LogP contribution < -0.4 is 10.6 Å². The van der Waals surface area contributed by atoms with E-state index < -0.39 is 0 Å². The van der Waals surface area contributed by atoms with E-state index in [0.717, 1.165) is 35.5 Å². The summed E-state index contributed by atoms with van der Waals surface area (Å²) in [4.78, 5) is 7.09. The van der Waals surface area contributed by atoms with Crippen LogP contribution in [0.25, 0.3) is 10.9 Å². The third kappa shape index (κ3) is 1.82. The van der Waals surface area contributed by atoms with E-state index in [2.05, 4.69) is 17.9 Å². The maximum absolute atomic E-state index is 5.81. The molecule has 3 heteroatoms. The van der Waals surface area contributed by atoms with E-state index in [-0.39, 0.29) is 0 Å². The normalized spacial score (nSPS) is 15.7. The average molecular weight is 227 g/mol. The highest BCUT2D eigenvalue weighted by atomic mass is 15.2. The van der Waals surface area contributed by atoms with Gasteiger partial charge in [0, 0.05) is 24.2 Å². The zero-order valence-electron chi connectivity index (χ0n) is 10.1. The highest BCUT2D eigenvalue weighted by Gasteiger charge is 2.14. The van der Waals surface area contributed by atoms with E-state index in [0.29, 0.717) is 0 Å². The van der Waals surface area contributed by atoms with E-state index in [1.54, 1.807) is 0 Å². The number of rotatable bonds is 1. The molecule has 1 aliphatic rings. The Hall–Kier alpha value is -1.77. The molecule has 0 radical (unpaired) electrons. The fourth-order valence-electron chi connectivity index (χ4n) is 2.50. The number of hydrogen-bond acceptors (Lipinski definition) is 3. The molecule has 0 atom stereocenters. The third-order valence-corrected chi connectivity index (χ3v) is 3.46. The number of anilines is 2. The molecule has 3 rings (SSSR count). The minimum Gasteiger partial charge on any atom is -0.399 e. The predicted octanol–water partition coefficient (Wildman–Crippen LogP) is 2.73. The molecule has 1 saturated heterocycles. The van der Waals surface area contributed by atoms with Crippen molar-refractivity contribution in [1.29, 1.82) is 0 Å². The molecule has 0 saturated carbocycles. The van der Waals surface area contributed by atoms with Gasteiger partial charge in [-0.3, -0.25) is 0 Å². The van der Waals surface area contributed by atoms with Gasteiger partial charge < -0.3 is 10.6 Å². The molecule has 3 nitrogen and oxygen atoms in total. The second-order valence-electron chi connectivity index (χ2n) is 4.77. The zero-order chi connectivity index (χ0) is 11.8. The SMILES string of the molecule is Cc1cc(N2CCCC2)nc2ccc(N)cc12. The van der Waals surface area contributed by atoms with Crippen molar-refractivity contribution in [1.82, 2.24) is 4.98 Å². The lowest BCUT2D eigenvalue weighted by atomic mass is 10.1. The summed E-state index contributed by atoms with van der Waals surface area (Å²) in [6, 6.07) is 8.11. The number of benzene rings is 1. The maximum atomic E-state index is 5.81. The molecule has 1 aliphatic heterocycles. The molecular weight excluding hydrogens is 210 g/mol. The van der Waals surface area contributed by atoms with Crippen molar-refractivity contribution in [2.45, 2.75) is 19.8 Å². The largest absolute Gasteiger partial charge is 0.399 e. The van der Waals surface area contributed by atoms with Crippen LogP contribution in [0.5, 0.6) is 0 Å². The lowest BCUT2D eigenvalue weighted by Crippen LogP contribution is -2.19. The monoisotopic (exact) mass is 227 g/mol. The van der Waals surface area contributed by atoms with Crippen LogP contribution in [0, 0.1) is 6.92 Å². The first-order chi connectivity index (χ1) is 8.24. The van der Waals surface area contributed by atoms with Gasteiger partial charge >= 0.3 is 0 Å². The molecule has 0 spiro atoms. The number of aryl methyl sites for hydroxylation is 1. The van der Waals surface area contributed by atoms with Gasteiger partial charge in [0.05, 0.1) is 5.52 Å². The topological polar surface area (TPSA) is 42.2 Å². The molecular formula is C14H17N3. The Kier molecular flexibility index (Phi) is 2.39. The molecule has 0 bridgehead atoms.